The Kier molecular flexibility index (Phi) is 7.48. The van der Waals surface area contributed by atoms with Gasteiger partial charge >= 0.3 is 6.03 Å². The third kappa shape index (κ3) is 5.64. The van der Waals surface area contributed by atoms with Gasteiger partial charge in [-0.15, -0.1) is 0 Å². The summed E-state index contributed by atoms with van der Waals surface area (Å²) >= 11 is 4.29. The smallest absolute Gasteiger partial charge is 0.330 e. The molecule has 0 aliphatic heterocycles. The van der Waals surface area contributed by atoms with Crippen molar-refractivity contribution in [1.82, 2.24) is 5.32 Å². The van der Waals surface area contributed by atoms with Crippen LogP contribution in [0.15, 0.2) is 72.8 Å². The van der Waals surface area contributed by atoms with E-state index < -0.39 is 17.8 Å². The van der Waals surface area contributed by atoms with E-state index in [9.17, 15) is 18.4 Å². The normalized spacial score (nSPS) is 11.7. The van der Waals surface area contributed by atoms with Crippen LogP contribution < -0.4 is 14.9 Å². The van der Waals surface area contributed by atoms with Crippen LogP contribution in [0.3, 0.4) is 0 Å². The lowest BCUT2D eigenvalue weighted by Crippen LogP contribution is -2.38. The molecule has 1 atom stereocenters. The van der Waals surface area contributed by atoms with Crippen molar-refractivity contribution >= 4 is 36.1 Å². The Morgan fingerprint density at radius 1 is 0.906 bits per heavy atom. The first-order valence-electron chi connectivity index (χ1n) is 9.97. The van der Waals surface area contributed by atoms with E-state index >= 15 is 0 Å². The summed E-state index contributed by atoms with van der Waals surface area (Å²) in [6.45, 7) is 3.90. The highest BCUT2D eigenvalue weighted by Gasteiger charge is 2.22. The molecule has 0 saturated heterocycles. The van der Waals surface area contributed by atoms with Crippen LogP contribution in [0.1, 0.15) is 35.8 Å². The predicted molar refractivity (Wildman–Crippen MR) is 125 cm³/mol. The van der Waals surface area contributed by atoms with Gasteiger partial charge in [-0.3, -0.25) is 4.79 Å². The van der Waals surface area contributed by atoms with Crippen LogP contribution in [-0.2, 0) is 0 Å². The number of anilines is 2. The van der Waals surface area contributed by atoms with Gasteiger partial charge in [0.1, 0.15) is 11.6 Å². The molecular formula is C24H23F2N3O2S. The van der Waals surface area contributed by atoms with Crippen molar-refractivity contribution in [1.29, 1.82) is 0 Å². The minimum Gasteiger partial charge on any atom is -0.330 e. The zero-order valence-corrected chi connectivity index (χ0v) is 18.4. The van der Waals surface area contributed by atoms with E-state index in [1.54, 1.807) is 42.5 Å². The van der Waals surface area contributed by atoms with Crippen molar-refractivity contribution in [2.24, 2.45) is 5.92 Å². The van der Waals surface area contributed by atoms with E-state index in [0.29, 0.717) is 11.4 Å². The number of nitrogens with one attached hydrogen (secondary N) is 2. The first-order chi connectivity index (χ1) is 15.3. The van der Waals surface area contributed by atoms with E-state index in [1.807, 2.05) is 13.8 Å². The molecule has 0 radical (unpaired) electrons. The second-order valence-electron chi connectivity index (χ2n) is 7.52. The molecule has 32 heavy (non-hydrogen) atoms. The SMILES string of the molecule is CC(C)C(NC(=O)N(S)c1ccc(NC(=O)c2ccccc2F)cc1)c1ccc(F)cc1. The number of carbonyl (C=O) groups is 2. The fourth-order valence-corrected chi connectivity index (χ4v) is 3.34. The third-order valence-corrected chi connectivity index (χ3v) is 5.27. The molecule has 3 aromatic carbocycles. The van der Waals surface area contributed by atoms with Gasteiger partial charge in [0.2, 0.25) is 0 Å². The van der Waals surface area contributed by atoms with Gasteiger partial charge in [0.15, 0.2) is 0 Å². The lowest BCUT2D eigenvalue weighted by molar-refractivity contribution is 0.102. The van der Waals surface area contributed by atoms with Gasteiger partial charge in [0.25, 0.3) is 5.91 Å². The lowest BCUT2D eigenvalue weighted by atomic mass is 9.96. The number of carbonyl (C=O) groups excluding carboxylic acids is 2. The molecule has 0 heterocycles. The number of amides is 3. The van der Waals surface area contributed by atoms with Crippen molar-refractivity contribution < 1.29 is 18.4 Å². The lowest BCUT2D eigenvalue weighted by Gasteiger charge is -2.26. The van der Waals surface area contributed by atoms with Crippen LogP contribution in [0, 0.1) is 17.6 Å². The summed E-state index contributed by atoms with van der Waals surface area (Å²) in [6, 6.07) is 17.3. The first-order valence-corrected chi connectivity index (χ1v) is 10.4. The van der Waals surface area contributed by atoms with E-state index in [-0.39, 0.29) is 23.3 Å². The minimum atomic E-state index is -0.610. The van der Waals surface area contributed by atoms with E-state index in [4.69, 9.17) is 0 Å². The molecule has 1 unspecified atom stereocenters. The fraction of sp³-hybridized carbons (Fsp3) is 0.167. The number of halogens is 2. The zero-order chi connectivity index (χ0) is 23.3. The van der Waals surface area contributed by atoms with Crippen LogP contribution in [-0.4, -0.2) is 11.9 Å². The molecule has 0 fully saturated rings. The Bertz CT molecular complexity index is 1090. The maximum absolute atomic E-state index is 13.8. The molecule has 0 aromatic heterocycles. The molecular weight excluding hydrogens is 432 g/mol. The van der Waals surface area contributed by atoms with Gasteiger partial charge in [-0.05, 0) is 60.0 Å². The standard InChI is InChI=1S/C24H23F2N3O2S/c1-15(2)22(16-7-9-17(25)10-8-16)28-24(31)29(32)19-13-11-18(12-14-19)27-23(30)20-5-3-4-6-21(20)26/h3-15,22,32H,1-2H3,(H,27,30)(H,28,31). The van der Waals surface area contributed by atoms with Crippen molar-refractivity contribution in [3.05, 3.63) is 95.6 Å². The van der Waals surface area contributed by atoms with Gasteiger partial charge < -0.3 is 10.6 Å². The largest absolute Gasteiger partial charge is 0.332 e. The van der Waals surface area contributed by atoms with Crippen LogP contribution in [0.2, 0.25) is 0 Å². The van der Waals surface area contributed by atoms with Gasteiger partial charge in [-0.25, -0.2) is 17.9 Å². The molecule has 0 aliphatic carbocycles. The Hall–Kier alpha value is -3.39. The quantitative estimate of drug-likeness (QED) is 0.401. The van der Waals surface area contributed by atoms with Crippen molar-refractivity contribution in [3.63, 3.8) is 0 Å². The molecule has 166 valence electrons. The summed E-state index contributed by atoms with van der Waals surface area (Å²) in [4.78, 5) is 25.0. The van der Waals surface area contributed by atoms with Gasteiger partial charge in [0, 0.05) is 5.69 Å². The molecule has 0 bridgehead atoms. The van der Waals surface area contributed by atoms with Gasteiger partial charge in [0.05, 0.1) is 17.3 Å². The van der Waals surface area contributed by atoms with E-state index in [2.05, 4.69) is 23.4 Å². The topological polar surface area (TPSA) is 61.4 Å². The van der Waals surface area contributed by atoms with Gasteiger partial charge in [-0.1, -0.05) is 50.9 Å². The highest BCUT2D eigenvalue weighted by atomic mass is 32.1. The summed E-state index contributed by atoms with van der Waals surface area (Å²) < 4.78 is 28.1. The van der Waals surface area contributed by atoms with Crippen molar-refractivity contribution in [2.75, 3.05) is 9.62 Å². The minimum absolute atomic E-state index is 0.0575. The van der Waals surface area contributed by atoms with Crippen molar-refractivity contribution in [2.45, 2.75) is 19.9 Å². The molecule has 0 spiro atoms. The number of hydrogen-bond acceptors (Lipinski definition) is 3. The predicted octanol–water partition coefficient (Wildman–Crippen LogP) is 5.98. The average Bonchev–Trinajstić information content (AvgIpc) is 2.78. The third-order valence-electron chi connectivity index (χ3n) is 4.86. The van der Waals surface area contributed by atoms with E-state index in [0.717, 1.165) is 9.87 Å². The van der Waals surface area contributed by atoms with Crippen LogP contribution in [0.5, 0.6) is 0 Å². The maximum atomic E-state index is 13.8. The number of thiol groups is 1. The molecule has 5 nitrogen and oxygen atoms in total. The molecule has 0 aliphatic rings. The summed E-state index contributed by atoms with van der Waals surface area (Å²) in [5, 5.41) is 5.52. The first kappa shape index (κ1) is 23.3. The maximum Gasteiger partial charge on any atom is 0.332 e. The van der Waals surface area contributed by atoms with E-state index in [1.165, 1.54) is 30.3 Å². The molecule has 2 N–H and O–H groups in total. The van der Waals surface area contributed by atoms with Crippen LogP contribution >= 0.6 is 12.8 Å². The summed E-state index contributed by atoms with van der Waals surface area (Å²) in [5.41, 5.74) is 1.63. The summed E-state index contributed by atoms with van der Waals surface area (Å²) in [5.74, 6) is -1.47. The average molecular weight is 456 g/mol. The molecule has 0 saturated carbocycles. The Labute approximate surface area is 191 Å². The molecule has 8 heteroatoms. The number of urea groups is 1. The summed E-state index contributed by atoms with van der Waals surface area (Å²) in [6.07, 6.45) is 0. The number of nitrogens with zero attached hydrogens (tertiary/aromatic N) is 1. The molecule has 3 rings (SSSR count). The number of rotatable bonds is 6. The van der Waals surface area contributed by atoms with Gasteiger partial charge in [-0.2, -0.15) is 0 Å². The highest BCUT2D eigenvalue weighted by Crippen LogP contribution is 2.25. The number of hydrogen-bond donors (Lipinski definition) is 3. The Morgan fingerprint density at radius 2 is 1.53 bits per heavy atom. The molecule has 3 aromatic rings. The second-order valence-corrected chi connectivity index (χ2v) is 7.92. The summed E-state index contributed by atoms with van der Waals surface area (Å²) in [7, 11) is 0. The highest BCUT2D eigenvalue weighted by molar-refractivity contribution is 7.82. The Balaban J connectivity index is 1.67. The Morgan fingerprint density at radius 3 is 2.12 bits per heavy atom. The fourth-order valence-electron chi connectivity index (χ4n) is 3.15. The zero-order valence-electron chi connectivity index (χ0n) is 17.5. The number of benzene rings is 3. The van der Waals surface area contributed by atoms with Crippen LogP contribution in [0.4, 0.5) is 25.0 Å². The molecule has 3 amide bonds. The second kappa shape index (κ2) is 10.3. The van der Waals surface area contributed by atoms with Crippen LogP contribution in [0.25, 0.3) is 0 Å². The monoisotopic (exact) mass is 455 g/mol. The van der Waals surface area contributed by atoms with Crippen molar-refractivity contribution in [3.8, 4) is 0 Å².